The molecule has 67 heavy (non-hydrogen) atoms. The van der Waals surface area contributed by atoms with E-state index in [0.717, 1.165) is 44.9 Å². The summed E-state index contributed by atoms with van der Waals surface area (Å²) in [5, 5.41) is 23.3. The van der Waals surface area contributed by atoms with Crippen molar-refractivity contribution >= 4 is 11.9 Å². The van der Waals surface area contributed by atoms with Crippen molar-refractivity contribution in [2.75, 3.05) is 13.2 Å². The second-order valence-corrected chi connectivity index (χ2v) is 20.7. The highest BCUT2D eigenvalue weighted by molar-refractivity contribution is 5.76. The summed E-state index contributed by atoms with van der Waals surface area (Å²) in [4.78, 5) is 24.5. The summed E-state index contributed by atoms with van der Waals surface area (Å²) in [6.07, 6.45) is 69.0. The molecule has 0 rings (SSSR count). The van der Waals surface area contributed by atoms with Crippen molar-refractivity contribution in [3.8, 4) is 0 Å². The van der Waals surface area contributed by atoms with Gasteiger partial charge in [0.05, 0.1) is 25.4 Å². The SMILES string of the molecule is CCCCC/C=C\CCCCCCCC(=O)OCCCCCCCCCCCCCC/C=C\CCCCCCCCCCC(=O)NC(CO)C(O)CCCCCCCCCCCCCCCC. The van der Waals surface area contributed by atoms with Crippen LogP contribution in [0.25, 0.3) is 0 Å². The van der Waals surface area contributed by atoms with Crippen LogP contribution >= 0.6 is 0 Å². The van der Waals surface area contributed by atoms with Crippen molar-refractivity contribution in [3.63, 3.8) is 0 Å². The van der Waals surface area contributed by atoms with Crippen molar-refractivity contribution < 1.29 is 24.5 Å². The summed E-state index contributed by atoms with van der Waals surface area (Å²) in [6.45, 7) is 4.94. The molecule has 396 valence electrons. The van der Waals surface area contributed by atoms with Crippen LogP contribution < -0.4 is 5.32 Å². The van der Waals surface area contributed by atoms with Gasteiger partial charge in [0.25, 0.3) is 0 Å². The van der Waals surface area contributed by atoms with Crippen LogP contribution in [0, 0.1) is 0 Å². The summed E-state index contributed by atoms with van der Waals surface area (Å²) in [5.74, 6) is -0.0358. The van der Waals surface area contributed by atoms with Gasteiger partial charge in [-0.05, 0) is 77.0 Å². The Balaban J connectivity index is 3.40. The first kappa shape index (κ1) is 65.3. The third-order valence-electron chi connectivity index (χ3n) is 14.0. The lowest BCUT2D eigenvalue weighted by atomic mass is 10.0. The molecule has 0 bridgehead atoms. The van der Waals surface area contributed by atoms with E-state index in [1.165, 1.54) is 250 Å². The highest BCUT2D eigenvalue weighted by Crippen LogP contribution is 2.17. The van der Waals surface area contributed by atoms with Crippen LogP contribution in [-0.2, 0) is 14.3 Å². The molecule has 0 aliphatic carbocycles. The lowest BCUT2D eigenvalue weighted by Gasteiger charge is -2.22. The molecule has 0 radical (unpaired) electrons. The second kappa shape index (κ2) is 56.9. The topological polar surface area (TPSA) is 95.9 Å². The first-order chi connectivity index (χ1) is 33.0. The van der Waals surface area contributed by atoms with Gasteiger partial charge in [-0.1, -0.05) is 263 Å². The summed E-state index contributed by atoms with van der Waals surface area (Å²) < 4.78 is 5.46. The molecule has 0 heterocycles. The standard InChI is InChI=1S/C61H117NO5/c1-3-5-7-9-11-13-15-17-30-33-37-41-45-49-53-59(64)58(57-63)62-60(65)54-50-46-42-38-34-31-28-26-24-22-20-18-19-21-23-25-27-29-32-36-40-44-48-52-56-67-61(66)55-51-47-43-39-35-16-14-12-10-8-6-4-2/h12,14,20,22,58-59,63-64H,3-11,13,15-19,21,23-57H2,1-2H3,(H,62,65)/b14-12-,22-20-. The van der Waals surface area contributed by atoms with E-state index >= 15 is 0 Å². The number of carbonyl (C=O) groups excluding carboxylic acids is 2. The number of ether oxygens (including phenoxy) is 1. The van der Waals surface area contributed by atoms with Crippen LogP contribution in [0.15, 0.2) is 24.3 Å². The van der Waals surface area contributed by atoms with Gasteiger partial charge < -0.3 is 20.3 Å². The molecule has 1 amide bonds. The van der Waals surface area contributed by atoms with Crippen molar-refractivity contribution in [3.05, 3.63) is 24.3 Å². The summed E-state index contributed by atoms with van der Waals surface area (Å²) in [5.41, 5.74) is 0. The maximum Gasteiger partial charge on any atom is 0.305 e. The van der Waals surface area contributed by atoms with E-state index in [1.807, 2.05) is 0 Å². The Hall–Kier alpha value is -1.66. The highest BCUT2D eigenvalue weighted by Gasteiger charge is 2.20. The van der Waals surface area contributed by atoms with Gasteiger partial charge in [-0.3, -0.25) is 9.59 Å². The number of rotatable bonds is 56. The summed E-state index contributed by atoms with van der Waals surface area (Å²) in [6, 6.07) is -0.544. The molecule has 2 unspecified atom stereocenters. The zero-order valence-corrected chi connectivity index (χ0v) is 45.1. The molecule has 3 N–H and O–H groups in total. The second-order valence-electron chi connectivity index (χ2n) is 20.7. The molecular formula is C61H117NO5. The van der Waals surface area contributed by atoms with Gasteiger partial charge in [0.15, 0.2) is 0 Å². The number of carbonyl (C=O) groups is 2. The zero-order chi connectivity index (χ0) is 48.6. The maximum absolute atomic E-state index is 12.5. The number of nitrogens with one attached hydrogen (secondary N) is 1. The van der Waals surface area contributed by atoms with Crippen LogP contribution in [0.4, 0.5) is 0 Å². The normalized spacial score (nSPS) is 12.7. The number of hydrogen-bond acceptors (Lipinski definition) is 5. The first-order valence-electron chi connectivity index (χ1n) is 30.1. The Morgan fingerprint density at radius 3 is 1.09 bits per heavy atom. The number of esters is 1. The van der Waals surface area contributed by atoms with Gasteiger partial charge in [-0.15, -0.1) is 0 Å². The van der Waals surface area contributed by atoms with E-state index < -0.39 is 12.1 Å². The maximum atomic E-state index is 12.5. The van der Waals surface area contributed by atoms with E-state index in [4.69, 9.17) is 4.74 Å². The Kier molecular flexibility index (Phi) is 55.5. The number of aliphatic hydroxyl groups excluding tert-OH is 2. The minimum absolute atomic E-state index is 0.00255. The summed E-state index contributed by atoms with van der Waals surface area (Å²) >= 11 is 0. The van der Waals surface area contributed by atoms with Gasteiger partial charge >= 0.3 is 5.97 Å². The van der Waals surface area contributed by atoms with Crippen LogP contribution in [0.1, 0.15) is 328 Å². The van der Waals surface area contributed by atoms with Gasteiger partial charge in [0.2, 0.25) is 5.91 Å². The lowest BCUT2D eigenvalue weighted by Crippen LogP contribution is -2.45. The number of aliphatic hydroxyl groups is 2. The Morgan fingerprint density at radius 2 is 0.701 bits per heavy atom. The van der Waals surface area contributed by atoms with Gasteiger partial charge in [-0.25, -0.2) is 0 Å². The minimum Gasteiger partial charge on any atom is -0.466 e. The monoisotopic (exact) mass is 944 g/mol. The molecule has 0 aromatic carbocycles. The quantitative estimate of drug-likeness (QED) is 0.0321. The molecule has 0 aliphatic rings. The minimum atomic E-state index is -0.666. The van der Waals surface area contributed by atoms with Crippen molar-refractivity contribution in [2.45, 2.75) is 341 Å². The third kappa shape index (κ3) is 53.5. The fourth-order valence-corrected chi connectivity index (χ4v) is 9.34. The molecule has 0 spiro atoms. The van der Waals surface area contributed by atoms with Crippen molar-refractivity contribution in [1.82, 2.24) is 5.32 Å². The van der Waals surface area contributed by atoms with Crippen LogP contribution in [0.2, 0.25) is 0 Å². The smallest absolute Gasteiger partial charge is 0.305 e. The van der Waals surface area contributed by atoms with Crippen LogP contribution in [-0.4, -0.2) is 47.4 Å². The average Bonchev–Trinajstić information content (AvgIpc) is 3.33. The fourth-order valence-electron chi connectivity index (χ4n) is 9.34. The molecular weight excluding hydrogens is 827 g/mol. The predicted octanol–water partition coefficient (Wildman–Crippen LogP) is 18.6. The van der Waals surface area contributed by atoms with E-state index in [2.05, 4.69) is 43.5 Å². The van der Waals surface area contributed by atoms with Gasteiger partial charge in [-0.2, -0.15) is 0 Å². The van der Waals surface area contributed by atoms with Crippen molar-refractivity contribution in [1.29, 1.82) is 0 Å². The van der Waals surface area contributed by atoms with Crippen molar-refractivity contribution in [2.24, 2.45) is 0 Å². The molecule has 0 aromatic heterocycles. The van der Waals surface area contributed by atoms with E-state index in [-0.39, 0.29) is 18.5 Å². The van der Waals surface area contributed by atoms with Gasteiger partial charge in [0.1, 0.15) is 0 Å². The number of unbranched alkanes of at least 4 members (excludes halogenated alkanes) is 41. The molecule has 6 nitrogen and oxygen atoms in total. The third-order valence-corrected chi connectivity index (χ3v) is 14.0. The molecule has 6 heteroatoms. The van der Waals surface area contributed by atoms with Crippen LogP contribution in [0.5, 0.6) is 0 Å². The number of allylic oxidation sites excluding steroid dienone is 4. The predicted molar refractivity (Wildman–Crippen MR) is 292 cm³/mol. The largest absolute Gasteiger partial charge is 0.466 e. The van der Waals surface area contributed by atoms with E-state index in [0.29, 0.717) is 25.9 Å². The molecule has 2 atom stereocenters. The fraction of sp³-hybridized carbons (Fsp3) is 0.902. The molecule has 0 aromatic rings. The number of amides is 1. The Morgan fingerprint density at radius 1 is 0.403 bits per heavy atom. The lowest BCUT2D eigenvalue weighted by molar-refractivity contribution is -0.143. The molecule has 0 fully saturated rings. The van der Waals surface area contributed by atoms with E-state index in [1.54, 1.807) is 0 Å². The zero-order valence-electron chi connectivity index (χ0n) is 45.1. The Labute approximate surface area is 418 Å². The molecule has 0 aliphatic heterocycles. The highest BCUT2D eigenvalue weighted by atomic mass is 16.5. The average molecular weight is 945 g/mol. The molecule has 0 saturated carbocycles. The van der Waals surface area contributed by atoms with E-state index in [9.17, 15) is 19.8 Å². The van der Waals surface area contributed by atoms with Crippen LogP contribution in [0.3, 0.4) is 0 Å². The number of hydrogen-bond donors (Lipinski definition) is 3. The summed E-state index contributed by atoms with van der Waals surface area (Å²) in [7, 11) is 0. The first-order valence-corrected chi connectivity index (χ1v) is 30.1. The Bertz CT molecular complexity index is 1040. The molecule has 0 saturated heterocycles. The van der Waals surface area contributed by atoms with Gasteiger partial charge in [0, 0.05) is 12.8 Å².